The van der Waals surface area contributed by atoms with Crippen LogP contribution in [0.25, 0.3) is 0 Å². The average Bonchev–Trinajstić information content (AvgIpc) is 2.89. The number of hydrogen-bond acceptors (Lipinski definition) is 6. The molecule has 1 amide bonds. The van der Waals surface area contributed by atoms with Crippen LogP contribution in [0.4, 0.5) is 11.4 Å². The highest BCUT2D eigenvalue weighted by molar-refractivity contribution is 6.17. The normalized spacial score (nSPS) is 19.2. The smallest absolute Gasteiger partial charge is 0.239 e. The molecule has 0 bridgehead atoms. The van der Waals surface area contributed by atoms with E-state index in [9.17, 15) is 4.79 Å². The molecule has 7 heteroatoms. The SMILES string of the molecule is COc1ccc([C@@H]2C(C)=Nc3ccccc3N=C2NC(=O)CN2CCOCC2)cc1. The number of nitrogens with zero attached hydrogens (tertiary/aromatic N) is 3. The van der Waals surface area contributed by atoms with Gasteiger partial charge in [-0.05, 0) is 36.8 Å². The number of carbonyl (C=O) groups is 1. The maximum absolute atomic E-state index is 12.9. The van der Waals surface area contributed by atoms with E-state index in [0.29, 0.717) is 25.6 Å². The van der Waals surface area contributed by atoms with Gasteiger partial charge >= 0.3 is 0 Å². The molecule has 0 radical (unpaired) electrons. The Hall–Kier alpha value is -3.03. The average molecular weight is 406 g/mol. The fraction of sp³-hybridized carbons (Fsp3) is 0.348. The second-order valence-corrected chi connectivity index (χ2v) is 7.38. The summed E-state index contributed by atoms with van der Waals surface area (Å²) in [6, 6.07) is 15.5. The van der Waals surface area contributed by atoms with Crippen LogP contribution in [-0.4, -0.2) is 62.3 Å². The first-order valence-electron chi connectivity index (χ1n) is 10.1. The lowest BCUT2D eigenvalue weighted by Gasteiger charge is -2.26. The number of methoxy groups -OCH3 is 1. The molecule has 1 saturated heterocycles. The van der Waals surface area contributed by atoms with Crippen LogP contribution < -0.4 is 10.1 Å². The van der Waals surface area contributed by atoms with Gasteiger partial charge in [-0.1, -0.05) is 24.3 Å². The molecule has 2 aromatic carbocycles. The number of nitrogens with one attached hydrogen (secondary N) is 1. The van der Waals surface area contributed by atoms with Gasteiger partial charge in [0.15, 0.2) is 0 Å². The number of hydrogen-bond donors (Lipinski definition) is 1. The van der Waals surface area contributed by atoms with E-state index in [1.165, 1.54) is 0 Å². The number of benzene rings is 2. The molecule has 4 rings (SSSR count). The lowest BCUT2D eigenvalue weighted by Crippen LogP contribution is -2.46. The molecule has 0 unspecified atom stereocenters. The molecule has 2 aliphatic heterocycles. The Balaban J connectivity index is 1.65. The minimum atomic E-state index is -0.253. The summed E-state index contributed by atoms with van der Waals surface area (Å²) in [6.45, 7) is 5.11. The maximum atomic E-state index is 12.9. The summed E-state index contributed by atoms with van der Waals surface area (Å²) in [4.78, 5) is 24.6. The van der Waals surface area contributed by atoms with Gasteiger partial charge in [0.25, 0.3) is 0 Å². The van der Waals surface area contributed by atoms with Crippen molar-refractivity contribution in [3.05, 3.63) is 54.1 Å². The molecule has 0 spiro atoms. The predicted octanol–water partition coefficient (Wildman–Crippen LogP) is 3.06. The maximum Gasteiger partial charge on any atom is 0.239 e. The van der Waals surface area contributed by atoms with Gasteiger partial charge in [-0.2, -0.15) is 0 Å². The van der Waals surface area contributed by atoms with Crippen molar-refractivity contribution in [2.45, 2.75) is 12.8 Å². The molecular weight excluding hydrogens is 380 g/mol. The Kier molecular flexibility index (Phi) is 6.21. The summed E-state index contributed by atoms with van der Waals surface area (Å²) in [7, 11) is 1.64. The third-order valence-corrected chi connectivity index (χ3v) is 5.30. The van der Waals surface area contributed by atoms with Gasteiger partial charge in [0.2, 0.25) is 5.91 Å². The number of rotatable bonds is 4. The highest BCUT2D eigenvalue weighted by Gasteiger charge is 2.27. The van der Waals surface area contributed by atoms with Gasteiger partial charge in [0, 0.05) is 18.8 Å². The molecule has 1 N–H and O–H groups in total. The van der Waals surface area contributed by atoms with Crippen LogP contribution >= 0.6 is 0 Å². The Morgan fingerprint density at radius 2 is 1.77 bits per heavy atom. The molecule has 30 heavy (non-hydrogen) atoms. The molecule has 2 aliphatic rings. The standard InChI is InChI=1S/C23H26N4O3/c1-16-22(17-7-9-18(29-2)10-8-17)23(25-20-6-4-3-5-19(20)24-16)26-21(28)15-27-11-13-30-14-12-27/h3-10,22H,11-15H2,1-2H3,(H,25,26,28)/t22-/m0/s1. The number of ether oxygens (including phenoxy) is 2. The molecule has 2 aromatic rings. The van der Waals surface area contributed by atoms with Gasteiger partial charge in [-0.3, -0.25) is 14.7 Å². The first-order chi connectivity index (χ1) is 14.6. The van der Waals surface area contributed by atoms with Crippen LogP contribution in [-0.2, 0) is 9.53 Å². The summed E-state index contributed by atoms with van der Waals surface area (Å²) in [5.74, 6) is 1.03. The second kappa shape index (κ2) is 9.19. The zero-order valence-corrected chi connectivity index (χ0v) is 17.3. The Labute approximate surface area is 176 Å². The Morgan fingerprint density at radius 3 is 2.43 bits per heavy atom. The van der Waals surface area contributed by atoms with Crippen LogP contribution in [0.5, 0.6) is 5.75 Å². The Bertz CT molecular complexity index is 963. The molecule has 7 nitrogen and oxygen atoms in total. The monoisotopic (exact) mass is 406 g/mol. The molecule has 2 heterocycles. The molecule has 0 aromatic heterocycles. The van der Waals surface area contributed by atoms with Crippen molar-refractivity contribution in [3.63, 3.8) is 0 Å². The summed E-state index contributed by atoms with van der Waals surface area (Å²) in [6.07, 6.45) is 0. The molecule has 0 aliphatic carbocycles. The summed E-state index contributed by atoms with van der Waals surface area (Å²) >= 11 is 0. The van der Waals surface area contributed by atoms with Crippen LogP contribution in [0.1, 0.15) is 18.4 Å². The fourth-order valence-corrected chi connectivity index (χ4v) is 3.74. The van der Waals surface area contributed by atoms with Gasteiger partial charge in [0.05, 0.1) is 44.2 Å². The molecule has 156 valence electrons. The summed E-state index contributed by atoms with van der Waals surface area (Å²) in [5.41, 5.74) is 3.41. The van der Waals surface area contributed by atoms with E-state index >= 15 is 0 Å². The van der Waals surface area contributed by atoms with E-state index < -0.39 is 0 Å². The third kappa shape index (κ3) is 4.58. The number of para-hydroxylation sites is 2. The minimum Gasteiger partial charge on any atom is -0.497 e. The van der Waals surface area contributed by atoms with Crippen molar-refractivity contribution in [1.82, 2.24) is 10.2 Å². The van der Waals surface area contributed by atoms with Gasteiger partial charge < -0.3 is 14.8 Å². The number of carbonyl (C=O) groups excluding carboxylic acids is 1. The lowest BCUT2D eigenvalue weighted by molar-refractivity contribution is -0.121. The van der Waals surface area contributed by atoms with Crippen molar-refractivity contribution in [2.75, 3.05) is 40.0 Å². The van der Waals surface area contributed by atoms with Crippen molar-refractivity contribution < 1.29 is 14.3 Å². The summed E-state index contributed by atoms with van der Waals surface area (Å²) < 4.78 is 10.7. The van der Waals surface area contributed by atoms with Crippen LogP contribution in [0.3, 0.4) is 0 Å². The van der Waals surface area contributed by atoms with E-state index in [-0.39, 0.29) is 11.8 Å². The molecule has 0 saturated carbocycles. The summed E-state index contributed by atoms with van der Waals surface area (Å²) in [5, 5.41) is 3.07. The van der Waals surface area contributed by atoms with Crippen molar-refractivity contribution in [2.24, 2.45) is 9.98 Å². The van der Waals surface area contributed by atoms with Gasteiger partial charge in [-0.25, -0.2) is 4.99 Å². The highest BCUT2D eigenvalue weighted by atomic mass is 16.5. The number of amidine groups is 1. The van der Waals surface area contributed by atoms with E-state index in [4.69, 9.17) is 19.5 Å². The van der Waals surface area contributed by atoms with Crippen LogP contribution in [0, 0.1) is 0 Å². The second-order valence-electron chi connectivity index (χ2n) is 7.38. The van der Waals surface area contributed by atoms with Crippen molar-refractivity contribution >= 4 is 28.8 Å². The zero-order valence-electron chi connectivity index (χ0n) is 17.3. The van der Waals surface area contributed by atoms with Crippen LogP contribution in [0.2, 0.25) is 0 Å². The predicted molar refractivity (Wildman–Crippen MR) is 117 cm³/mol. The van der Waals surface area contributed by atoms with E-state index in [0.717, 1.165) is 41.5 Å². The quantitative estimate of drug-likeness (QED) is 0.847. The number of morpholine rings is 1. The first-order valence-corrected chi connectivity index (χ1v) is 10.1. The third-order valence-electron chi connectivity index (χ3n) is 5.30. The van der Waals surface area contributed by atoms with E-state index in [2.05, 4.69) is 10.2 Å². The number of amides is 1. The van der Waals surface area contributed by atoms with Gasteiger partial charge in [-0.15, -0.1) is 0 Å². The van der Waals surface area contributed by atoms with Crippen molar-refractivity contribution in [1.29, 1.82) is 0 Å². The number of fused-ring (bicyclic) bond motifs is 1. The van der Waals surface area contributed by atoms with Crippen molar-refractivity contribution in [3.8, 4) is 5.75 Å². The van der Waals surface area contributed by atoms with E-state index in [1.54, 1.807) is 7.11 Å². The minimum absolute atomic E-state index is 0.0821. The van der Waals surface area contributed by atoms with Crippen LogP contribution in [0.15, 0.2) is 58.5 Å². The molecular formula is C23H26N4O3. The lowest BCUT2D eigenvalue weighted by atomic mass is 9.93. The molecule has 1 fully saturated rings. The van der Waals surface area contributed by atoms with E-state index in [1.807, 2.05) is 55.5 Å². The molecule has 1 atom stereocenters. The zero-order chi connectivity index (χ0) is 20.9. The van der Waals surface area contributed by atoms with Gasteiger partial charge in [0.1, 0.15) is 11.6 Å². The number of aliphatic imine (C=N–C) groups is 2. The highest BCUT2D eigenvalue weighted by Crippen LogP contribution is 2.34. The topological polar surface area (TPSA) is 75.5 Å². The Morgan fingerprint density at radius 1 is 1.10 bits per heavy atom. The first kappa shape index (κ1) is 20.3. The largest absolute Gasteiger partial charge is 0.497 e. The fourth-order valence-electron chi connectivity index (χ4n) is 3.74.